The average molecular weight is 279 g/mol. The summed E-state index contributed by atoms with van der Waals surface area (Å²) in [6.45, 7) is 4.28. The molecule has 1 aromatic heterocycles. The number of nitrogens with zero attached hydrogens (tertiary/aromatic N) is 2. The third-order valence-corrected chi connectivity index (χ3v) is 3.30. The van der Waals surface area contributed by atoms with Gasteiger partial charge in [0.05, 0.1) is 11.0 Å². The maximum atomic E-state index is 5.93. The summed E-state index contributed by atoms with van der Waals surface area (Å²) in [5.74, 6) is 1.80. The van der Waals surface area contributed by atoms with Crippen molar-refractivity contribution in [3.05, 3.63) is 54.1 Å². The Kier molecular flexibility index (Phi) is 3.44. The first-order valence-corrected chi connectivity index (χ1v) is 6.93. The average Bonchev–Trinajstić information content (AvgIpc) is 2.48. The minimum Gasteiger partial charge on any atom is -0.436 e. The van der Waals surface area contributed by atoms with Crippen molar-refractivity contribution in [3.63, 3.8) is 0 Å². The Labute approximate surface area is 123 Å². The molecule has 0 fully saturated rings. The van der Waals surface area contributed by atoms with Crippen LogP contribution in [0.5, 0.6) is 11.6 Å². The molecule has 0 aliphatic heterocycles. The van der Waals surface area contributed by atoms with Crippen LogP contribution in [0, 0.1) is 0 Å². The lowest BCUT2D eigenvalue weighted by Crippen LogP contribution is -1.99. The molecular formula is C17H17N3O. The summed E-state index contributed by atoms with van der Waals surface area (Å²) in [6.07, 6.45) is 0. The number of benzene rings is 2. The van der Waals surface area contributed by atoms with Crippen molar-refractivity contribution >= 4 is 16.9 Å². The molecule has 0 spiro atoms. The van der Waals surface area contributed by atoms with E-state index < -0.39 is 0 Å². The van der Waals surface area contributed by atoms with Gasteiger partial charge in [0.15, 0.2) is 5.82 Å². The fourth-order valence-corrected chi connectivity index (χ4v) is 2.12. The van der Waals surface area contributed by atoms with Crippen molar-refractivity contribution in [2.75, 3.05) is 5.73 Å². The summed E-state index contributed by atoms with van der Waals surface area (Å²) >= 11 is 0. The Bertz CT molecular complexity index is 784. The first-order valence-electron chi connectivity index (χ1n) is 6.93. The SMILES string of the molecule is CC(C)c1cccc(Oc2nc3ccccc3nc2N)c1. The number of nitrogen functional groups attached to an aromatic ring is 1. The number of hydrogen-bond acceptors (Lipinski definition) is 4. The molecule has 2 N–H and O–H groups in total. The molecule has 0 aliphatic rings. The van der Waals surface area contributed by atoms with Crippen LogP contribution in [-0.4, -0.2) is 9.97 Å². The maximum Gasteiger partial charge on any atom is 0.263 e. The molecule has 106 valence electrons. The van der Waals surface area contributed by atoms with E-state index in [4.69, 9.17) is 10.5 Å². The largest absolute Gasteiger partial charge is 0.436 e. The van der Waals surface area contributed by atoms with E-state index in [0.29, 0.717) is 17.6 Å². The minimum absolute atomic E-state index is 0.295. The summed E-state index contributed by atoms with van der Waals surface area (Å²) in [7, 11) is 0. The van der Waals surface area contributed by atoms with Crippen molar-refractivity contribution in [3.8, 4) is 11.6 Å². The summed E-state index contributed by atoms with van der Waals surface area (Å²) in [4.78, 5) is 8.75. The van der Waals surface area contributed by atoms with Gasteiger partial charge >= 0.3 is 0 Å². The molecular weight excluding hydrogens is 262 g/mol. The Morgan fingerprint density at radius 1 is 0.952 bits per heavy atom. The second-order valence-corrected chi connectivity index (χ2v) is 5.23. The van der Waals surface area contributed by atoms with Gasteiger partial charge in [0.25, 0.3) is 5.88 Å². The Hall–Kier alpha value is -2.62. The molecule has 0 saturated heterocycles. The van der Waals surface area contributed by atoms with Crippen LogP contribution in [0.4, 0.5) is 5.82 Å². The van der Waals surface area contributed by atoms with Gasteiger partial charge in [-0.25, -0.2) is 9.97 Å². The lowest BCUT2D eigenvalue weighted by atomic mass is 10.0. The highest BCUT2D eigenvalue weighted by Gasteiger charge is 2.09. The fraction of sp³-hybridized carbons (Fsp3) is 0.176. The molecule has 0 unspecified atom stereocenters. The highest BCUT2D eigenvalue weighted by molar-refractivity contribution is 5.76. The second kappa shape index (κ2) is 5.40. The zero-order chi connectivity index (χ0) is 14.8. The Morgan fingerprint density at radius 3 is 2.38 bits per heavy atom. The van der Waals surface area contributed by atoms with E-state index in [1.807, 2.05) is 42.5 Å². The number of aromatic nitrogens is 2. The zero-order valence-electron chi connectivity index (χ0n) is 12.1. The van der Waals surface area contributed by atoms with Crippen LogP contribution in [0.15, 0.2) is 48.5 Å². The van der Waals surface area contributed by atoms with E-state index in [0.717, 1.165) is 16.8 Å². The van der Waals surface area contributed by atoms with Gasteiger partial charge in [0, 0.05) is 0 Å². The monoisotopic (exact) mass is 279 g/mol. The number of para-hydroxylation sites is 2. The molecule has 0 bridgehead atoms. The lowest BCUT2D eigenvalue weighted by molar-refractivity contribution is 0.465. The smallest absolute Gasteiger partial charge is 0.263 e. The van der Waals surface area contributed by atoms with Gasteiger partial charge in [-0.15, -0.1) is 0 Å². The highest BCUT2D eigenvalue weighted by Crippen LogP contribution is 2.28. The molecule has 0 radical (unpaired) electrons. The summed E-state index contributed by atoms with van der Waals surface area (Å²) in [5, 5.41) is 0. The van der Waals surface area contributed by atoms with Crippen molar-refractivity contribution in [1.29, 1.82) is 0 Å². The molecule has 0 atom stereocenters. The predicted molar refractivity (Wildman–Crippen MR) is 84.6 cm³/mol. The Morgan fingerprint density at radius 2 is 1.67 bits per heavy atom. The van der Waals surface area contributed by atoms with E-state index in [1.165, 1.54) is 5.56 Å². The van der Waals surface area contributed by atoms with Gasteiger partial charge in [-0.2, -0.15) is 0 Å². The van der Waals surface area contributed by atoms with Crippen molar-refractivity contribution < 1.29 is 4.74 Å². The molecule has 0 saturated carbocycles. The normalized spacial score (nSPS) is 11.0. The number of anilines is 1. The maximum absolute atomic E-state index is 5.93. The van der Waals surface area contributed by atoms with Crippen LogP contribution in [0.3, 0.4) is 0 Å². The second-order valence-electron chi connectivity index (χ2n) is 5.23. The molecule has 1 heterocycles. The van der Waals surface area contributed by atoms with Crippen LogP contribution in [0.1, 0.15) is 25.3 Å². The number of nitrogens with two attached hydrogens (primary N) is 1. The zero-order valence-corrected chi connectivity index (χ0v) is 12.1. The first kappa shape index (κ1) is 13.4. The molecule has 0 aliphatic carbocycles. The van der Waals surface area contributed by atoms with Gasteiger partial charge in [-0.05, 0) is 35.7 Å². The number of ether oxygens (including phenoxy) is 1. The summed E-state index contributed by atoms with van der Waals surface area (Å²) in [5.41, 5.74) is 8.67. The van der Waals surface area contributed by atoms with Crippen molar-refractivity contribution in [2.24, 2.45) is 0 Å². The van der Waals surface area contributed by atoms with E-state index in [9.17, 15) is 0 Å². The van der Waals surface area contributed by atoms with Crippen LogP contribution >= 0.6 is 0 Å². The highest BCUT2D eigenvalue weighted by atomic mass is 16.5. The van der Waals surface area contributed by atoms with Gasteiger partial charge in [0.1, 0.15) is 5.75 Å². The van der Waals surface area contributed by atoms with Crippen LogP contribution in [0.2, 0.25) is 0 Å². The Balaban J connectivity index is 1.97. The molecule has 4 nitrogen and oxygen atoms in total. The molecule has 0 amide bonds. The molecule has 21 heavy (non-hydrogen) atoms. The van der Waals surface area contributed by atoms with Gasteiger partial charge in [0.2, 0.25) is 0 Å². The summed E-state index contributed by atoms with van der Waals surface area (Å²) in [6, 6.07) is 15.5. The standard InChI is InChI=1S/C17H17N3O/c1-11(2)12-6-5-7-13(10-12)21-17-16(18)19-14-8-3-4-9-15(14)20-17/h3-11H,1-2H3,(H2,18,19). The van der Waals surface area contributed by atoms with E-state index in [-0.39, 0.29) is 0 Å². The van der Waals surface area contributed by atoms with E-state index in [2.05, 4.69) is 29.9 Å². The lowest BCUT2D eigenvalue weighted by Gasteiger charge is -2.10. The van der Waals surface area contributed by atoms with Crippen molar-refractivity contribution in [2.45, 2.75) is 19.8 Å². The van der Waals surface area contributed by atoms with Gasteiger partial charge in [-0.3, -0.25) is 0 Å². The van der Waals surface area contributed by atoms with Crippen LogP contribution < -0.4 is 10.5 Å². The predicted octanol–water partition coefficient (Wildman–Crippen LogP) is 4.13. The van der Waals surface area contributed by atoms with E-state index >= 15 is 0 Å². The topological polar surface area (TPSA) is 61.0 Å². The fourth-order valence-electron chi connectivity index (χ4n) is 2.12. The number of hydrogen-bond donors (Lipinski definition) is 1. The number of fused-ring (bicyclic) bond motifs is 1. The number of rotatable bonds is 3. The molecule has 4 heteroatoms. The third kappa shape index (κ3) is 2.79. The van der Waals surface area contributed by atoms with Crippen LogP contribution in [0.25, 0.3) is 11.0 Å². The molecule has 3 aromatic rings. The van der Waals surface area contributed by atoms with Crippen LogP contribution in [-0.2, 0) is 0 Å². The minimum atomic E-state index is 0.295. The first-order chi connectivity index (χ1) is 10.1. The third-order valence-electron chi connectivity index (χ3n) is 3.30. The van der Waals surface area contributed by atoms with Gasteiger partial charge in [-0.1, -0.05) is 38.1 Å². The van der Waals surface area contributed by atoms with Crippen molar-refractivity contribution in [1.82, 2.24) is 9.97 Å². The molecule has 2 aromatic carbocycles. The van der Waals surface area contributed by atoms with E-state index in [1.54, 1.807) is 0 Å². The molecule has 3 rings (SSSR count). The summed E-state index contributed by atoms with van der Waals surface area (Å²) < 4.78 is 5.81. The quantitative estimate of drug-likeness (QED) is 0.783. The van der Waals surface area contributed by atoms with Gasteiger partial charge < -0.3 is 10.5 Å².